The summed E-state index contributed by atoms with van der Waals surface area (Å²) in [6.45, 7) is 2.07. The summed E-state index contributed by atoms with van der Waals surface area (Å²) in [5.74, 6) is 0.424. The lowest BCUT2D eigenvalue weighted by Gasteiger charge is -2.32. The maximum absolute atomic E-state index is 13.7. The van der Waals surface area contributed by atoms with E-state index >= 15 is 0 Å². The van der Waals surface area contributed by atoms with Crippen molar-refractivity contribution in [3.63, 3.8) is 0 Å². The normalized spacial score (nSPS) is 14.4. The quantitative estimate of drug-likeness (QED) is 0.556. The van der Waals surface area contributed by atoms with E-state index in [1.165, 1.54) is 11.4 Å². The highest BCUT2D eigenvalue weighted by Crippen LogP contribution is 2.42. The Morgan fingerprint density at radius 3 is 2.26 bits per heavy atom. The highest BCUT2D eigenvalue weighted by atomic mass is 32.2. The number of amides is 1. The maximum Gasteiger partial charge on any atom is 0.270 e. The molecule has 0 spiro atoms. The molecule has 0 aliphatic carbocycles. The molecular weight excluding hydrogens is 452 g/mol. The summed E-state index contributed by atoms with van der Waals surface area (Å²) in [6.07, 6.45) is 0. The molecule has 0 radical (unpaired) electrons. The van der Waals surface area contributed by atoms with Gasteiger partial charge in [0.05, 0.1) is 19.9 Å². The van der Waals surface area contributed by atoms with Crippen LogP contribution in [0, 0.1) is 0 Å². The first-order valence-corrected chi connectivity index (χ1v) is 12.3. The van der Waals surface area contributed by atoms with E-state index in [-0.39, 0.29) is 18.0 Å². The Hall–Kier alpha value is -3.78. The number of anilines is 1. The second-order valence-corrected chi connectivity index (χ2v) is 9.43. The molecule has 3 aromatic rings. The number of methoxy groups -OCH3 is 2. The SMILES string of the molecule is CCN1c2ccccc2C(c2ccccc2)=C(C(=O)NCc2ccc(OC)c(OC)c2)S1(=O)=O. The molecule has 3 aromatic carbocycles. The number of nitrogens with one attached hydrogen (secondary N) is 1. The van der Waals surface area contributed by atoms with Crippen LogP contribution in [0.5, 0.6) is 11.5 Å². The average Bonchev–Trinajstić information content (AvgIpc) is 2.86. The predicted octanol–water partition coefficient (Wildman–Crippen LogP) is 3.95. The topological polar surface area (TPSA) is 84.9 Å². The van der Waals surface area contributed by atoms with Crippen LogP contribution >= 0.6 is 0 Å². The summed E-state index contributed by atoms with van der Waals surface area (Å²) < 4.78 is 39.3. The van der Waals surface area contributed by atoms with Crippen LogP contribution in [0.15, 0.2) is 77.7 Å². The minimum Gasteiger partial charge on any atom is -0.493 e. The van der Waals surface area contributed by atoms with E-state index in [0.29, 0.717) is 33.9 Å². The third-order valence-electron chi connectivity index (χ3n) is 5.67. The number of carbonyl (C=O) groups is 1. The lowest BCUT2D eigenvalue weighted by Crippen LogP contribution is -2.41. The van der Waals surface area contributed by atoms with Gasteiger partial charge in [0.15, 0.2) is 16.4 Å². The molecule has 0 atom stereocenters. The number of carbonyl (C=O) groups excluding carboxylic acids is 1. The molecule has 0 fully saturated rings. The molecule has 34 heavy (non-hydrogen) atoms. The molecule has 0 aromatic heterocycles. The van der Waals surface area contributed by atoms with Crippen molar-refractivity contribution in [1.82, 2.24) is 5.32 Å². The standard InChI is InChI=1S/C26H26N2O5S/c1-4-28-21-13-9-8-12-20(21)24(19-10-6-5-7-11-19)25(34(28,30)31)26(29)27-17-18-14-15-22(32-2)23(16-18)33-3/h5-16H,4,17H2,1-3H3,(H,27,29). The first-order chi connectivity index (χ1) is 16.4. The van der Waals surface area contributed by atoms with E-state index in [1.54, 1.807) is 44.4 Å². The molecule has 1 heterocycles. The summed E-state index contributed by atoms with van der Waals surface area (Å²) in [5.41, 5.74) is 3.05. The van der Waals surface area contributed by atoms with E-state index < -0.39 is 15.9 Å². The Morgan fingerprint density at radius 1 is 0.912 bits per heavy atom. The van der Waals surface area contributed by atoms with Crippen LogP contribution in [0.25, 0.3) is 5.57 Å². The number of para-hydroxylation sites is 1. The van der Waals surface area contributed by atoms with Crippen LogP contribution in [0.4, 0.5) is 5.69 Å². The van der Waals surface area contributed by atoms with Gasteiger partial charge in [-0.05, 0) is 36.2 Å². The monoisotopic (exact) mass is 478 g/mol. The molecule has 0 unspecified atom stereocenters. The summed E-state index contributed by atoms with van der Waals surface area (Å²) in [6, 6.07) is 21.6. The number of fused-ring (bicyclic) bond motifs is 1. The smallest absolute Gasteiger partial charge is 0.270 e. The van der Waals surface area contributed by atoms with Crippen molar-refractivity contribution in [2.45, 2.75) is 13.5 Å². The summed E-state index contributed by atoms with van der Waals surface area (Å²) >= 11 is 0. The molecule has 1 N–H and O–H groups in total. The van der Waals surface area contributed by atoms with Crippen molar-refractivity contribution in [2.75, 3.05) is 25.1 Å². The van der Waals surface area contributed by atoms with Gasteiger partial charge >= 0.3 is 0 Å². The van der Waals surface area contributed by atoms with Gasteiger partial charge < -0.3 is 14.8 Å². The fraction of sp³-hybridized carbons (Fsp3) is 0.192. The van der Waals surface area contributed by atoms with E-state index in [0.717, 1.165) is 5.56 Å². The van der Waals surface area contributed by atoms with Gasteiger partial charge in [-0.3, -0.25) is 9.10 Å². The van der Waals surface area contributed by atoms with Gasteiger partial charge in [0, 0.05) is 24.2 Å². The molecule has 176 valence electrons. The lowest BCUT2D eigenvalue weighted by atomic mass is 9.95. The number of nitrogens with zero attached hydrogens (tertiary/aromatic N) is 1. The third-order valence-corrected chi connectivity index (χ3v) is 7.61. The first-order valence-electron chi connectivity index (χ1n) is 10.8. The van der Waals surface area contributed by atoms with Crippen LogP contribution < -0.4 is 19.1 Å². The van der Waals surface area contributed by atoms with Gasteiger partial charge in [-0.15, -0.1) is 0 Å². The van der Waals surface area contributed by atoms with Crippen LogP contribution in [0.2, 0.25) is 0 Å². The molecule has 4 rings (SSSR count). The van der Waals surface area contributed by atoms with Crippen molar-refractivity contribution in [1.29, 1.82) is 0 Å². The number of hydrogen-bond acceptors (Lipinski definition) is 5. The highest BCUT2D eigenvalue weighted by Gasteiger charge is 2.40. The largest absolute Gasteiger partial charge is 0.493 e. The van der Waals surface area contributed by atoms with Crippen molar-refractivity contribution < 1.29 is 22.7 Å². The molecule has 7 nitrogen and oxygen atoms in total. The van der Waals surface area contributed by atoms with Crippen molar-refractivity contribution in [2.24, 2.45) is 0 Å². The molecule has 0 saturated heterocycles. The number of hydrogen-bond donors (Lipinski definition) is 1. The van der Waals surface area contributed by atoms with Crippen LogP contribution in [0.1, 0.15) is 23.6 Å². The van der Waals surface area contributed by atoms with Crippen LogP contribution in [0.3, 0.4) is 0 Å². The first kappa shape index (κ1) is 23.4. The number of sulfonamides is 1. The average molecular weight is 479 g/mol. The second-order valence-electron chi connectivity index (χ2n) is 7.63. The van der Waals surface area contributed by atoms with Crippen LogP contribution in [-0.4, -0.2) is 35.1 Å². The Kier molecular flexibility index (Phi) is 6.61. The highest BCUT2D eigenvalue weighted by molar-refractivity contribution is 7.97. The molecule has 0 saturated carbocycles. The van der Waals surface area contributed by atoms with Crippen molar-refractivity contribution in [3.05, 3.63) is 94.4 Å². The summed E-state index contributed by atoms with van der Waals surface area (Å²) in [7, 11) is -1.02. The van der Waals surface area contributed by atoms with Crippen molar-refractivity contribution >= 4 is 27.2 Å². The molecule has 1 amide bonds. The Morgan fingerprint density at radius 2 is 1.59 bits per heavy atom. The Bertz CT molecular complexity index is 1350. The fourth-order valence-electron chi connectivity index (χ4n) is 4.11. The molecule has 0 bridgehead atoms. The molecule has 1 aliphatic heterocycles. The van der Waals surface area contributed by atoms with Gasteiger partial charge in [0.25, 0.3) is 15.9 Å². The fourth-order valence-corrected chi connectivity index (χ4v) is 5.88. The lowest BCUT2D eigenvalue weighted by molar-refractivity contribution is -0.117. The van der Waals surface area contributed by atoms with E-state index in [1.807, 2.05) is 42.5 Å². The zero-order valence-electron chi connectivity index (χ0n) is 19.2. The van der Waals surface area contributed by atoms with Crippen molar-refractivity contribution in [3.8, 4) is 11.5 Å². The molecular formula is C26H26N2O5S. The zero-order chi connectivity index (χ0) is 24.3. The van der Waals surface area contributed by atoms with Gasteiger partial charge in [0.1, 0.15) is 0 Å². The summed E-state index contributed by atoms with van der Waals surface area (Å²) in [4.78, 5) is 13.2. The van der Waals surface area contributed by atoms with Gasteiger partial charge in [-0.1, -0.05) is 54.6 Å². The second kappa shape index (κ2) is 9.61. The van der Waals surface area contributed by atoms with E-state index in [2.05, 4.69) is 5.32 Å². The molecule has 8 heteroatoms. The number of rotatable bonds is 7. The van der Waals surface area contributed by atoms with Gasteiger partial charge in [-0.25, -0.2) is 8.42 Å². The number of ether oxygens (including phenoxy) is 2. The summed E-state index contributed by atoms with van der Waals surface area (Å²) in [5, 5.41) is 2.79. The zero-order valence-corrected chi connectivity index (χ0v) is 20.1. The van der Waals surface area contributed by atoms with Gasteiger partial charge in [-0.2, -0.15) is 0 Å². The van der Waals surface area contributed by atoms with Gasteiger partial charge in [0.2, 0.25) is 0 Å². The number of benzene rings is 3. The van der Waals surface area contributed by atoms with E-state index in [9.17, 15) is 13.2 Å². The van der Waals surface area contributed by atoms with Crippen LogP contribution in [-0.2, 0) is 21.4 Å². The minimum atomic E-state index is -4.10. The third kappa shape index (κ3) is 4.12. The Balaban J connectivity index is 1.80. The predicted molar refractivity (Wildman–Crippen MR) is 132 cm³/mol. The Labute approximate surface area is 199 Å². The minimum absolute atomic E-state index is 0.119. The van der Waals surface area contributed by atoms with E-state index in [4.69, 9.17) is 9.47 Å². The molecule has 1 aliphatic rings. The maximum atomic E-state index is 13.7.